The van der Waals surface area contributed by atoms with Gasteiger partial charge in [0.05, 0.1) is 33.9 Å². The zero-order chi connectivity index (χ0) is 17.6. The quantitative estimate of drug-likeness (QED) is 0.547. The monoisotopic (exact) mass is 354 g/mol. The lowest BCUT2D eigenvalue weighted by Gasteiger charge is -2.13. The van der Waals surface area contributed by atoms with E-state index >= 15 is 0 Å². The summed E-state index contributed by atoms with van der Waals surface area (Å²) in [6, 6.07) is 3.33. The molecule has 2 aromatic carbocycles. The van der Waals surface area contributed by atoms with Crippen molar-refractivity contribution < 1.29 is 13.2 Å². The van der Waals surface area contributed by atoms with Crippen molar-refractivity contribution in [3.63, 3.8) is 0 Å². The Labute approximate surface area is 138 Å². The average Bonchev–Trinajstić information content (AvgIpc) is 2.55. The number of hydrogen-bond donors (Lipinski definition) is 2. The van der Waals surface area contributed by atoms with Gasteiger partial charge in [0.25, 0.3) is 5.56 Å². The van der Waals surface area contributed by atoms with Crippen LogP contribution in [-0.4, -0.2) is 9.55 Å². The van der Waals surface area contributed by atoms with Gasteiger partial charge in [-0.15, -0.1) is 0 Å². The van der Waals surface area contributed by atoms with Crippen LogP contribution in [0.4, 0.5) is 30.2 Å². The molecule has 0 unspecified atom stereocenters. The number of aromatic nitrogens is 2. The van der Waals surface area contributed by atoms with Crippen LogP contribution in [0.15, 0.2) is 29.3 Å². The third-order valence-electron chi connectivity index (χ3n) is 3.47. The number of halogens is 4. The summed E-state index contributed by atoms with van der Waals surface area (Å²) in [6.45, 7) is 0. The first-order valence-electron chi connectivity index (χ1n) is 6.65. The largest absolute Gasteiger partial charge is 0.397 e. The molecule has 0 amide bonds. The molecule has 0 saturated heterocycles. The van der Waals surface area contributed by atoms with E-state index in [4.69, 9.17) is 17.3 Å². The second kappa shape index (κ2) is 5.72. The number of nitrogens with one attached hydrogen (secondary N) is 1. The minimum atomic E-state index is -1.31. The van der Waals surface area contributed by atoms with Crippen molar-refractivity contribution in [2.45, 2.75) is 0 Å². The van der Waals surface area contributed by atoms with Gasteiger partial charge < -0.3 is 15.6 Å². The molecule has 0 aliphatic carbocycles. The SMILES string of the molecule is Cn1cnc2ccc(Nc3c(F)c(F)cc(N)c3Cl)c(F)c2c1=O. The number of fused-ring (bicyclic) bond motifs is 1. The first-order valence-corrected chi connectivity index (χ1v) is 7.03. The van der Waals surface area contributed by atoms with Crippen molar-refractivity contribution in [1.29, 1.82) is 0 Å². The number of hydrogen-bond acceptors (Lipinski definition) is 4. The summed E-state index contributed by atoms with van der Waals surface area (Å²) in [6.07, 6.45) is 1.25. The Hall–Kier alpha value is -2.74. The second-order valence-corrected chi connectivity index (χ2v) is 5.44. The predicted molar refractivity (Wildman–Crippen MR) is 86.0 cm³/mol. The fourth-order valence-corrected chi connectivity index (χ4v) is 2.40. The van der Waals surface area contributed by atoms with Crippen LogP contribution in [0.3, 0.4) is 0 Å². The number of nitrogens with zero attached hydrogens (tertiary/aromatic N) is 2. The molecule has 3 N–H and O–H groups in total. The van der Waals surface area contributed by atoms with Gasteiger partial charge in [-0.05, 0) is 12.1 Å². The summed E-state index contributed by atoms with van der Waals surface area (Å²) >= 11 is 5.85. The molecule has 0 aliphatic rings. The molecule has 0 aliphatic heterocycles. The van der Waals surface area contributed by atoms with E-state index < -0.39 is 28.7 Å². The topological polar surface area (TPSA) is 72.9 Å². The smallest absolute Gasteiger partial charge is 0.263 e. The van der Waals surface area contributed by atoms with Crippen molar-refractivity contribution in [3.05, 3.63) is 57.4 Å². The van der Waals surface area contributed by atoms with Crippen LogP contribution in [0.2, 0.25) is 5.02 Å². The summed E-state index contributed by atoms with van der Waals surface area (Å²) in [4.78, 5) is 16.0. The highest BCUT2D eigenvalue weighted by atomic mass is 35.5. The average molecular weight is 355 g/mol. The van der Waals surface area contributed by atoms with E-state index in [1.807, 2.05) is 0 Å². The summed E-state index contributed by atoms with van der Waals surface area (Å²) in [5.41, 5.74) is 4.00. The number of benzene rings is 2. The number of aryl methyl sites for hydroxylation is 1. The maximum absolute atomic E-state index is 14.7. The molecular weight excluding hydrogens is 345 g/mol. The number of rotatable bonds is 2. The van der Waals surface area contributed by atoms with Crippen molar-refractivity contribution in [2.75, 3.05) is 11.1 Å². The lowest BCUT2D eigenvalue weighted by atomic mass is 10.2. The van der Waals surface area contributed by atoms with Gasteiger partial charge in [0, 0.05) is 13.1 Å². The van der Waals surface area contributed by atoms with Crippen molar-refractivity contribution >= 4 is 39.6 Å². The lowest BCUT2D eigenvalue weighted by molar-refractivity contribution is 0.512. The fourth-order valence-electron chi connectivity index (χ4n) is 2.22. The van der Waals surface area contributed by atoms with Gasteiger partial charge in [0.15, 0.2) is 17.5 Å². The maximum Gasteiger partial charge on any atom is 0.263 e. The molecule has 0 saturated carbocycles. The Morgan fingerprint density at radius 2 is 1.96 bits per heavy atom. The Bertz CT molecular complexity index is 1010. The van der Waals surface area contributed by atoms with E-state index in [2.05, 4.69) is 10.3 Å². The van der Waals surface area contributed by atoms with E-state index in [-0.39, 0.29) is 27.3 Å². The highest BCUT2D eigenvalue weighted by molar-refractivity contribution is 6.35. The molecule has 0 spiro atoms. The van der Waals surface area contributed by atoms with Gasteiger partial charge >= 0.3 is 0 Å². The van der Waals surface area contributed by atoms with E-state index in [1.54, 1.807) is 0 Å². The van der Waals surface area contributed by atoms with Crippen molar-refractivity contribution in [2.24, 2.45) is 7.05 Å². The fraction of sp³-hybridized carbons (Fsp3) is 0.0667. The molecule has 9 heteroatoms. The first kappa shape index (κ1) is 16.1. The summed E-state index contributed by atoms with van der Waals surface area (Å²) in [5.74, 6) is -3.51. The molecule has 3 rings (SSSR count). The zero-order valence-corrected chi connectivity index (χ0v) is 13.0. The normalized spacial score (nSPS) is 11.0. The summed E-state index contributed by atoms with van der Waals surface area (Å²) in [5, 5.41) is 1.77. The Balaban J connectivity index is 2.21. The molecule has 124 valence electrons. The molecule has 0 radical (unpaired) electrons. The van der Waals surface area contributed by atoms with Gasteiger partial charge in [0.1, 0.15) is 5.39 Å². The highest BCUT2D eigenvalue weighted by Gasteiger charge is 2.19. The van der Waals surface area contributed by atoms with Crippen molar-refractivity contribution in [3.8, 4) is 0 Å². The third kappa shape index (κ3) is 2.44. The van der Waals surface area contributed by atoms with Gasteiger partial charge in [-0.2, -0.15) is 0 Å². The van der Waals surface area contributed by atoms with E-state index in [0.29, 0.717) is 0 Å². The molecule has 0 fully saturated rings. The van der Waals surface area contributed by atoms with Crippen LogP contribution in [0.25, 0.3) is 10.9 Å². The lowest BCUT2D eigenvalue weighted by Crippen LogP contribution is -2.18. The molecule has 24 heavy (non-hydrogen) atoms. The number of nitrogens with two attached hydrogens (primary N) is 1. The van der Waals surface area contributed by atoms with Crippen molar-refractivity contribution in [1.82, 2.24) is 9.55 Å². The number of nitrogen functional groups attached to an aromatic ring is 1. The maximum atomic E-state index is 14.7. The predicted octanol–water partition coefficient (Wildman–Crippen LogP) is 3.33. The van der Waals surface area contributed by atoms with Gasteiger partial charge in [-0.3, -0.25) is 4.79 Å². The molecule has 5 nitrogen and oxygen atoms in total. The zero-order valence-electron chi connectivity index (χ0n) is 12.2. The highest BCUT2D eigenvalue weighted by Crippen LogP contribution is 2.35. The molecule has 1 heterocycles. The molecular formula is C15H10ClF3N4O. The minimum absolute atomic E-state index is 0.131. The van der Waals surface area contributed by atoms with E-state index in [9.17, 15) is 18.0 Å². The molecule has 0 atom stereocenters. The van der Waals surface area contributed by atoms with Crippen LogP contribution in [0.1, 0.15) is 0 Å². The van der Waals surface area contributed by atoms with E-state index in [1.165, 1.54) is 25.5 Å². The third-order valence-corrected chi connectivity index (χ3v) is 3.88. The molecule has 0 bridgehead atoms. The minimum Gasteiger partial charge on any atom is -0.397 e. The standard InChI is InChI=1S/C15H10ClF3N4O/c1-23-5-21-8-2-3-9(13(19)10(8)15(23)24)22-14-11(16)7(20)4-6(17)12(14)18/h2-5,22H,20H2,1H3. The Morgan fingerprint density at radius 3 is 2.67 bits per heavy atom. The van der Waals surface area contributed by atoms with Crippen LogP contribution < -0.4 is 16.6 Å². The molecule has 1 aromatic heterocycles. The Morgan fingerprint density at radius 1 is 1.25 bits per heavy atom. The van der Waals surface area contributed by atoms with Gasteiger partial charge in [0.2, 0.25) is 0 Å². The molecule has 3 aromatic rings. The van der Waals surface area contributed by atoms with Crippen LogP contribution in [0.5, 0.6) is 0 Å². The summed E-state index contributed by atoms with van der Waals surface area (Å²) in [7, 11) is 1.41. The second-order valence-electron chi connectivity index (χ2n) is 5.06. The van der Waals surface area contributed by atoms with E-state index in [0.717, 1.165) is 10.6 Å². The van der Waals surface area contributed by atoms with Crippen LogP contribution >= 0.6 is 11.6 Å². The number of anilines is 3. The Kier molecular flexibility index (Phi) is 3.84. The van der Waals surface area contributed by atoms with Crippen LogP contribution in [-0.2, 0) is 7.05 Å². The first-order chi connectivity index (χ1) is 11.3. The van der Waals surface area contributed by atoms with Gasteiger partial charge in [-0.1, -0.05) is 11.6 Å². The van der Waals surface area contributed by atoms with Gasteiger partial charge in [-0.25, -0.2) is 18.2 Å². The van der Waals surface area contributed by atoms with Crippen LogP contribution in [0, 0.1) is 17.5 Å². The summed E-state index contributed by atoms with van der Waals surface area (Å²) < 4.78 is 43.2.